The number of hydrogen-bond donors (Lipinski definition) is 1. The molecule has 0 aromatic carbocycles. The SMILES string of the molecule is CN=C(NCC1(C2CC2)CCC1)N(C)Cc1cnn(C)c1. The molecule has 21 heavy (non-hydrogen) atoms. The molecule has 0 bridgehead atoms. The minimum Gasteiger partial charge on any atom is -0.356 e. The zero-order chi connectivity index (χ0) is 14.9. The largest absolute Gasteiger partial charge is 0.356 e. The fourth-order valence-electron chi connectivity index (χ4n) is 3.60. The monoisotopic (exact) mass is 289 g/mol. The van der Waals surface area contributed by atoms with Crippen LogP contribution in [0.5, 0.6) is 0 Å². The summed E-state index contributed by atoms with van der Waals surface area (Å²) in [5.41, 5.74) is 1.79. The highest BCUT2D eigenvalue weighted by atomic mass is 15.3. The first-order valence-corrected chi connectivity index (χ1v) is 8.02. The quantitative estimate of drug-likeness (QED) is 0.666. The van der Waals surface area contributed by atoms with Gasteiger partial charge in [-0.25, -0.2) is 0 Å². The van der Waals surface area contributed by atoms with E-state index in [1.807, 2.05) is 25.0 Å². The van der Waals surface area contributed by atoms with Crippen molar-refractivity contribution in [2.75, 3.05) is 20.6 Å². The van der Waals surface area contributed by atoms with Gasteiger partial charge >= 0.3 is 0 Å². The molecule has 0 amide bonds. The van der Waals surface area contributed by atoms with Crippen molar-refractivity contribution in [3.05, 3.63) is 18.0 Å². The fraction of sp³-hybridized carbons (Fsp3) is 0.750. The van der Waals surface area contributed by atoms with Gasteiger partial charge in [-0.05, 0) is 37.0 Å². The highest BCUT2D eigenvalue weighted by Crippen LogP contribution is 2.56. The molecular weight excluding hydrogens is 262 g/mol. The van der Waals surface area contributed by atoms with Gasteiger partial charge in [-0.3, -0.25) is 9.67 Å². The van der Waals surface area contributed by atoms with E-state index >= 15 is 0 Å². The fourth-order valence-corrected chi connectivity index (χ4v) is 3.60. The molecule has 1 heterocycles. The highest BCUT2D eigenvalue weighted by molar-refractivity contribution is 5.79. The van der Waals surface area contributed by atoms with Crippen LogP contribution in [0, 0.1) is 11.3 Å². The molecule has 2 aliphatic carbocycles. The third kappa shape index (κ3) is 3.06. The highest BCUT2D eigenvalue weighted by Gasteiger charge is 2.48. The maximum absolute atomic E-state index is 4.44. The van der Waals surface area contributed by atoms with Crippen LogP contribution in [-0.4, -0.2) is 41.3 Å². The summed E-state index contributed by atoms with van der Waals surface area (Å²) in [5.74, 6) is 1.96. The minimum absolute atomic E-state index is 0.574. The average Bonchev–Trinajstić information content (AvgIpc) is 3.17. The Morgan fingerprint density at radius 1 is 1.52 bits per heavy atom. The van der Waals surface area contributed by atoms with E-state index in [1.165, 1.54) is 37.7 Å². The van der Waals surface area contributed by atoms with E-state index in [4.69, 9.17) is 0 Å². The van der Waals surface area contributed by atoms with Crippen LogP contribution in [0.4, 0.5) is 0 Å². The van der Waals surface area contributed by atoms with Crippen LogP contribution in [0.25, 0.3) is 0 Å². The lowest BCUT2D eigenvalue weighted by molar-refractivity contribution is 0.105. The second-order valence-electron chi connectivity index (χ2n) is 6.77. The zero-order valence-electron chi connectivity index (χ0n) is 13.5. The number of guanidine groups is 1. The lowest BCUT2D eigenvalue weighted by Crippen LogP contribution is -2.47. The van der Waals surface area contributed by atoms with Crippen molar-refractivity contribution < 1.29 is 0 Å². The topological polar surface area (TPSA) is 45.5 Å². The van der Waals surface area contributed by atoms with Crippen LogP contribution in [-0.2, 0) is 13.6 Å². The predicted octanol–water partition coefficient (Wildman–Crippen LogP) is 2.01. The van der Waals surface area contributed by atoms with Crippen molar-refractivity contribution in [1.82, 2.24) is 20.0 Å². The van der Waals surface area contributed by atoms with Crippen molar-refractivity contribution >= 4 is 5.96 Å². The number of nitrogens with one attached hydrogen (secondary N) is 1. The molecular formula is C16H27N5. The predicted molar refractivity (Wildman–Crippen MR) is 85.0 cm³/mol. The molecule has 0 saturated heterocycles. The van der Waals surface area contributed by atoms with E-state index in [9.17, 15) is 0 Å². The van der Waals surface area contributed by atoms with E-state index in [0.29, 0.717) is 5.41 Å². The van der Waals surface area contributed by atoms with Gasteiger partial charge < -0.3 is 10.2 Å². The molecule has 3 rings (SSSR count). The van der Waals surface area contributed by atoms with Crippen LogP contribution in [0.2, 0.25) is 0 Å². The van der Waals surface area contributed by atoms with Crippen LogP contribution in [0.1, 0.15) is 37.7 Å². The standard InChI is InChI=1S/C16H27N5/c1-17-15(20(2)10-13-9-19-21(3)11-13)18-12-16(7-4-8-16)14-5-6-14/h9,11,14H,4-8,10,12H2,1-3H3,(H,17,18). The van der Waals surface area contributed by atoms with Crippen LogP contribution in [0.15, 0.2) is 17.4 Å². The summed E-state index contributed by atoms with van der Waals surface area (Å²) in [7, 11) is 5.91. The summed E-state index contributed by atoms with van der Waals surface area (Å²) >= 11 is 0. The number of nitrogens with zero attached hydrogens (tertiary/aromatic N) is 4. The summed E-state index contributed by atoms with van der Waals surface area (Å²) in [6.07, 6.45) is 11.0. The summed E-state index contributed by atoms with van der Waals surface area (Å²) < 4.78 is 1.84. The number of hydrogen-bond acceptors (Lipinski definition) is 2. The molecule has 1 N–H and O–H groups in total. The molecule has 0 radical (unpaired) electrons. The van der Waals surface area contributed by atoms with Crippen LogP contribution in [0.3, 0.4) is 0 Å². The molecule has 0 unspecified atom stereocenters. The number of aliphatic imine (C=N–C) groups is 1. The third-order valence-corrected chi connectivity index (χ3v) is 5.14. The van der Waals surface area contributed by atoms with Gasteiger partial charge in [0, 0.05) is 46.0 Å². The Morgan fingerprint density at radius 2 is 2.29 bits per heavy atom. The number of rotatable bonds is 5. The molecule has 0 aliphatic heterocycles. The van der Waals surface area contributed by atoms with Crippen LogP contribution >= 0.6 is 0 Å². The lowest BCUT2D eigenvalue weighted by Gasteiger charge is -2.43. The summed E-state index contributed by atoms with van der Waals surface area (Å²) in [5, 5.41) is 7.83. The molecule has 116 valence electrons. The van der Waals surface area contributed by atoms with Gasteiger partial charge in [0.1, 0.15) is 0 Å². The van der Waals surface area contributed by atoms with E-state index < -0.39 is 0 Å². The molecule has 2 fully saturated rings. The normalized spacial score (nSPS) is 21.0. The Morgan fingerprint density at radius 3 is 2.76 bits per heavy atom. The van der Waals surface area contributed by atoms with E-state index in [0.717, 1.165) is 25.0 Å². The van der Waals surface area contributed by atoms with Crippen molar-refractivity contribution in [1.29, 1.82) is 0 Å². The Bertz CT molecular complexity index is 510. The number of aromatic nitrogens is 2. The van der Waals surface area contributed by atoms with Crippen molar-refractivity contribution in [2.24, 2.45) is 23.4 Å². The molecule has 1 aromatic heterocycles. The van der Waals surface area contributed by atoms with Crippen molar-refractivity contribution in [3.8, 4) is 0 Å². The summed E-state index contributed by atoms with van der Waals surface area (Å²) in [6.45, 7) is 1.92. The average molecular weight is 289 g/mol. The second kappa shape index (κ2) is 5.70. The van der Waals surface area contributed by atoms with E-state index in [2.05, 4.69) is 33.6 Å². The first-order valence-electron chi connectivity index (χ1n) is 8.02. The maximum Gasteiger partial charge on any atom is 0.193 e. The van der Waals surface area contributed by atoms with E-state index in [1.54, 1.807) is 0 Å². The maximum atomic E-state index is 4.44. The van der Waals surface area contributed by atoms with Gasteiger partial charge in [-0.2, -0.15) is 5.10 Å². The van der Waals surface area contributed by atoms with Crippen molar-refractivity contribution in [2.45, 2.75) is 38.6 Å². The smallest absolute Gasteiger partial charge is 0.193 e. The third-order valence-electron chi connectivity index (χ3n) is 5.14. The first-order chi connectivity index (χ1) is 10.1. The summed E-state index contributed by atoms with van der Waals surface area (Å²) in [6, 6.07) is 0. The molecule has 1 aromatic rings. The Balaban J connectivity index is 1.54. The molecule has 2 saturated carbocycles. The second-order valence-corrected chi connectivity index (χ2v) is 6.77. The summed E-state index contributed by atoms with van der Waals surface area (Å²) in [4.78, 5) is 6.61. The van der Waals surface area contributed by atoms with Gasteiger partial charge in [0.05, 0.1) is 6.20 Å². The molecule has 0 atom stereocenters. The van der Waals surface area contributed by atoms with Gasteiger partial charge in [-0.1, -0.05) is 6.42 Å². The van der Waals surface area contributed by atoms with Gasteiger partial charge in [0.25, 0.3) is 0 Å². The Kier molecular flexibility index (Phi) is 3.91. The number of aryl methyl sites for hydroxylation is 1. The van der Waals surface area contributed by atoms with Crippen LogP contribution < -0.4 is 5.32 Å². The molecule has 0 spiro atoms. The first kappa shape index (κ1) is 14.4. The van der Waals surface area contributed by atoms with Gasteiger partial charge in [0.15, 0.2) is 5.96 Å². The molecule has 2 aliphatic rings. The van der Waals surface area contributed by atoms with Gasteiger partial charge in [0.2, 0.25) is 0 Å². The molecule has 5 nitrogen and oxygen atoms in total. The lowest BCUT2D eigenvalue weighted by atomic mass is 9.65. The van der Waals surface area contributed by atoms with Crippen molar-refractivity contribution in [3.63, 3.8) is 0 Å². The molecule has 5 heteroatoms. The van der Waals surface area contributed by atoms with E-state index in [-0.39, 0.29) is 0 Å². The zero-order valence-corrected chi connectivity index (χ0v) is 13.5. The Labute approximate surface area is 127 Å². The van der Waals surface area contributed by atoms with Gasteiger partial charge in [-0.15, -0.1) is 0 Å². The minimum atomic E-state index is 0.574. The Hall–Kier alpha value is -1.52.